The van der Waals surface area contributed by atoms with Crippen molar-refractivity contribution in [2.75, 3.05) is 0 Å². The Hall–Kier alpha value is -0.860. The fourth-order valence-corrected chi connectivity index (χ4v) is 1.59. The quantitative estimate of drug-likeness (QED) is 0.786. The van der Waals surface area contributed by atoms with Crippen molar-refractivity contribution in [2.45, 2.75) is 53.2 Å². The summed E-state index contributed by atoms with van der Waals surface area (Å²) in [6.45, 7) is 12.5. The van der Waals surface area contributed by atoms with Gasteiger partial charge in [-0.3, -0.25) is 4.84 Å². The Morgan fingerprint density at radius 1 is 1.06 bits per heavy atom. The maximum absolute atomic E-state index is 5.58. The zero-order valence-corrected chi connectivity index (χ0v) is 11.2. The molecule has 0 saturated heterocycles. The zero-order chi connectivity index (χ0) is 12.3. The van der Waals surface area contributed by atoms with Crippen LogP contribution >= 0.6 is 0 Å². The summed E-state index contributed by atoms with van der Waals surface area (Å²) in [6, 6.07) is 6.77. The van der Waals surface area contributed by atoms with E-state index in [1.54, 1.807) is 0 Å². The molecule has 0 aliphatic rings. The number of hydrogen-bond acceptors (Lipinski definition) is 2. The summed E-state index contributed by atoms with van der Waals surface area (Å²) >= 11 is 0. The van der Waals surface area contributed by atoms with Crippen LogP contribution in [-0.4, -0.2) is 5.60 Å². The molecule has 1 aromatic carbocycles. The monoisotopic (exact) mass is 221 g/mol. The van der Waals surface area contributed by atoms with Crippen molar-refractivity contribution in [3.05, 3.63) is 34.9 Å². The molecule has 1 rings (SSSR count). The molecule has 1 atom stereocenters. The Morgan fingerprint density at radius 3 is 2.00 bits per heavy atom. The van der Waals surface area contributed by atoms with Gasteiger partial charge in [-0.1, -0.05) is 29.3 Å². The van der Waals surface area contributed by atoms with Gasteiger partial charge in [-0.2, -0.15) is 5.48 Å². The molecule has 0 aliphatic carbocycles. The maximum atomic E-state index is 5.58. The van der Waals surface area contributed by atoms with Crippen LogP contribution in [0, 0.1) is 13.8 Å². The molecule has 0 heterocycles. The van der Waals surface area contributed by atoms with E-state index in [2.05, 4.69) is 44.5 Å². The number of aryl methyl sites for hydroxylation is 2. The predicted molar refractivity (Wildman–Crippen MR) is 68.3 cm³/mol. The summed E-state index contributed by atoms with van der Waals surface area (Å²) in [5.41, 5.74) is 6.78. The second-order valence-corrected chi connectivity index (χ2v) is 5.48. The third kappa shape index (κ3) is 4.33. The van der Waals surface area contributed by atoms with Gasteiger partial charge in [-0.25, -0.2) is 0 Å². The summed E-state index contributed by atoms with van der Waals surface area (Å²) in [7, 11) is 0. The second kappa shape index (κ2) is 4.98. The molecule has 0 radical (unpaired) electrons. The van der Waals surface area contributed by atoms with Gasteiger partial charge in [0.1, 0.15) is 0 Å². The number of hydroxylamine groups is 1. The highest BCUT2D eigenvalue weighted by Crippen LogP contribution is 2.17. The van der Waals surface area contributed by atoms with Crippen molar-refractivity contribution in [3.8, 4) is 0 Å². The normalized spacial score (nSPS) is 13.9. The van der Waals surface area contributed by atoms with E-state index in [0.29, 0.717) is 0 Å². The third-order valence-electron chi connectivity index (χ3n) is 2.29. The van der Waals surface area contributed by atoms with Crippen LogP contribution in [0.1, 0.15) is 50.4 Å². The van der Waals surface area contributed by atoms with Crippen LogP contribution in [0.3, 0.4) is 0 Å². The Balaban J connectivity index is 2.69. The van der Waals surface area contributed by atoms with Crippen molar-refractivity contribution in [1.29, 1.82) is 0 Å². The molecular weight excluding hydrogens is 198 g/mol. The first kappa shape index (κ1) is 13.2. The van der Waals surface area contributed by atoms with Crippen LogP contribution in [0.15, 0.2) is 18.2 Å². The Labute approximate surface area is 99.0 Å². The van der Waals surface area contributed by atoms with Crippen LogP contribution in [-0.2, 0) is 4.84 Å². The average molecular weight is 221 g/mol. The lowest BCUT2D eigenvalue weighted by atomic mass is 10.0. The van der Waals surface area contributed by atoms with E-state index in [-0.39, 0.29) is 11.6 Å². The zero-order valence-electron chi connectivity index (χ0n) is 11.2. The molecule has 1 N–H and O–H groups in total. The third-order valence-corrected chi connectivity index (χ3v) is 2.29. The first-order valence-electron chi connectivity index (χ1n) is 5.79. The molecule has 0 aromatic heterocycles. The highest BCUT2D eigenvalue weighted by Gasteiger charge is 2.13. The molecule has 2 nitrogen and oxygen atoms in total. The molecule has 0 aliphatic heterocycles. The van der Waals surface area contributed by atoms with Crippen molar-refractivity contribution in [2.24, 2.45) is 0 Å². The van der Waals surface area contributed by atoms with Gasteiger partial charge in [0.05, 0.1) is 11.6 Å². The molecule has 0 bridgehead atoms. The summed E-state index contributed by atoms with van der Waals surface area (Å²) in [4.78, 5) is 5.58. The van der Waals surface area contributed by atoms with Crippen LogP contribution in [0.25, 0.3) is 0 Å². The lowest BCUT2D eigenvalue weighted by Gasteiger charge is -2.23. The van der Waals surface area contributed by atoms with Crippen LogP contribution in [0.5, 0.6) is 0 Å². The lowest BCUT2D eigenvalue weighted by molar-refractivity contribution is -0.0866. The Kier molecular flexibility index (Phi) is 4.11. The fraction of sp³-hybridized carbons (Fsp3) is 0.571. The SMILES string of the molecule is Cc1cc(C)cc(C(C)NOC(C)(C)C)c1. The molecule has 0 saturated carbocycles. The summed E-state index contributed by atoms with van der Waals surface area (Å²) < 4.78 is 0. The topological polar surface area (TPSA) is 21.3 Å². The smallest absolute Gasteiger partial charge is 0.0813 e. The minimum absolute atomic E-state index is 0.160. The molecule has 90 valence electrons. The van der Waals surface area contributed by atoms with E-state index < -0.39 is 0 Å². The summed E-state index contributed by atoms with van der Waals surface area (Å²) in [5, 5.41) is 0. The molecule has 1 aromatic rings. The molecule has 0 amide bonds. The molecule has 2 heteroatoms. The first-order valence-corrected chi connectivity index (χ1v) is 5.79. The standard InChI is InChI=1S/C14H23NO/c1-10-7-11(2)9-13(8-10)12(3)15-16-14(4,5)6/h7-9,12,15H,1-6H3. The minimum atomic E-state index is -0.160. The van der Waals surface area contributed by atoms with Gasteiger partial charge in [-0.05, 0) is 47.1 Å². The summed E-state index contributed by atoms with van der Waals surface area (Å²) in [6.07, 6.45) is 0. The van der Waals surface area contributed by atoms with Crippen molar-refractivity contribution in [3.63, 3.8) is 0 Å². The highest BCUT2D eigenvalue weighted by atomic mass is 16.7. The minimum Gasteiger partial charge on any atom is -0.296 e. The highest BCUT2D eigenvalue weighted by molar-refractivity contribution is 5.30. The van der Waals surface area contributed by atoms with Gasteiger partial charge in [0.15, 0.2) is 0 Å². The van der Waals surface area contributed by atoms with Gasteiger partial charge in [0.2, 0.25) is 0 Å². The fourth-order valence-electron chi connectivity index (χ4n) is 1.59. The van der Waals surface area contributed by atoms with E-state index >= 15 is 0 Å². The van der Waals surface area contributed by atoms with Gasteiger partial charge >= 0.3 is 0 Å². The number of nitrogens with one attached hydrogen (secondary N) is 1. The Bertz CT molecular complexity index is 332. The van der Waals surface area contributed by atoms with Crippen molar-refractivity contribution < 1.29 is 4.84 Å². The molecule has 16 heavy (non-hydrogen) atoms. The lowest BCUT2D eigenvalue weighted by Crippen LogP contribution is -2.31. The van der Waals surface area contributed by atoms with Gasteiger partial charge in [-0.15, -0.1) is 0 Å². The largest absolute Gasteiger partial charge is 0.296 e. The first-order chi connectivity index (χ1) is 7.28. The number of benzene rings is 1. The van der Waals surface area contributed by atoms with Gasteiger partial charge in [0, 0.05) is 0 Å². The van der Waals surface area contributed by atoms with Crippen LogP contribution < -0.4 is 5.48 Å². The van der Waals surface area contributed by atoms with Gasteiger partial charge in [0.25, 0.3) is 0 Å². The second-order valence-electron chi connectivity index (χ2n) is 5.48. The molecule has 0 spiro atoms. The van der Waals surface area contributed by atoms with E-state index in [4.69, 9.17) is 4.84 Å². The predicted octanol–water partition coefficient (Wildman–Crippen LogP) is 3.68. The van der Waals surface area contributed by atoms with Gasteiger partial charge < -0.3 is 0 Å². The number of hydrogen-bond donors (Lipinski definition) is 1. The molecular formula is C14H23NO. The van der Waals surface area contributed by atoms with E-state index in [1.807, 2.05) is 20.8 Å². The summed E-state index contributed by atoms with van der Waals surface area (Å²) in [5.74, 6) is 0. The maximum Gasteiger partial charge on any atom is 0.0813 e. The van der Waals surface area contributed by atoms with Crippen LogP contribution in [0.2, 0.25) is 0 Å². The van der Waals surface area contributed by atoms with Crippen molar-refractivity contribution in [1.82, 2.24) is 5.48 Å². The van der Waals surface area contributed by atoms with Crippen molar-refractivity contribution >= 4 is 0 Å². The van der Waals surface area contributed by atoms with E-state index in [1.165, 1.54) is 16.7 Å². The van der Waals surface area contributed by atoms with E-state index in [0.717, 1.165) is 0 Å². The molecule has 1 unspecified atom stereocenters. The number of rotatable bonds is 3. The Morgan fingerprint density at radius 2 is 1.56 bits per heavy atom. The average Bonchev–Trinajstić information content (AvgIpc) is 2.11. The van der Waals surface area contributed by atoms with E-state index in [9.17, 15) is 0 Å². The molecule has 0 fully saturated rings. The van der Waals surface area contributed by atoms with Crippen LogP contribution in [0.4, 0.5) is 0 Å².